The average molecular weight is 177 g/mol. The van der Waals surface area contributed by atoms with E-state index in [1.807, 2.05) is 37.3 Å². The summed E-state index contributed by atoms with van der Waals surface area (Å²) in [5, 5.41) is 8.89. The number of hydrogen-bond acceptors (Lipinski definition) is 2. The molecule has 0 amide bonds. The van der Waals surface area contributed by atoms with E-state index in [9.17, 15) is 0 Å². The van der Waals surface area contributed by atoms with Gasteiger partial charge in [-0.3, -0.25) is 0 Å². The van der Waals surface area contributed by atoms with Crippen LogP contribution in [0.15, 0.2) is 24.3 Å². The molecule has 0 saturated heterocycles. The fraction of sp³-hybridized carbons (Fsp3) is 0.273. The molecule has 0 saturated carbocycles. The largest absolute Gasteiger partial charge is 0.392 e. The highest BCUT2D eigenvalue weighted by molar-refractivity contribution is 5.54. The highest BCUT2D eigenvalue weighted by Crippen LogP contribution is 2.12. The molecule has 1 aromatic carbocycles. The van der Waals surface area contributed by atoms with Gasteiger partial charge in [0.15, 0.2) is 0 Å². The van der Waals surface area contributed by atoms with Gasteiger partial charge in [0.25, 0.3) is 0 Å². The lowest BCUT2D eigenvalue weighted by Crippen LogP contribution is -1.93. The fourth-order valence-corrected chi connectivity index (χ4v) is 1.22. The third-order valence-electron chi connectivity index (χ3n) is 1.95. The lowest BCUT2D eigenvalue weighted by atomic mass is 10.1. The molecule has 1 aromatic rings. The zero-order valence-corrected chi connectivity index (χ0v) is 7.83. The van der Waals surface area contributed by atoms with Crippen molar-refractivity contribution in [3.8, 4) is 0 Å². The van der Waals surface area contributed by atoms with Gasteiger partial charge in [-0.1, -0.05) is 30.4 Å². The van der Waals surface area contributed by atoms with Gasteiger partial charge in [-0.2, -0.15) is 0 Å². The number of hydrogen-bond donors (Lipinski definition) is 2. The monoisotopic (exact) mass is 177 g/mol. The zero-order chi connectivity index (χ0) is 9.68. The summed E-state index contributed by atoms with van der Waals surface area (Å²) in [6.45, 7) is 2.68. The van der Waals surface area contributed by atoms with E-state index < -0.39 is 0 Å². The van der Waals surface area contributed by atoms with Crippen molar-refractivity contribution in [2.45, 2.75) is 13.5 Å². The van der Waals surface area contributed by atoms with Crippen LogP contribution in [0.3, 0.4) is 0 Å². The minimum Gasteiger partial charge on any atom is -0.392 e. The Hall–Kier alpha value is -1.12. The van der Waals surface area contributed by atoms with Crippen LogP contribution in [0, 0.1) is 6.92 Å². The van der Waals surface area contributed by atoms with E-state index in [0.29, 0.717) is 6.54 Å². The van der Waals surface area contributed by atoms with Crippen LogP contribution in [0.4, 0.5) is 0 Å². The Balaban J connectivity index is 2.91. The molecular weight excluding hydrogens is 162 g/mol. The lowest BCUT2D eigenvalue weighted by molar-refractivity contribution is 0.282. The normalized spacial score (nSPS) is 11.0. The minimum absolute atomic E-state index is 0.0989. The molecule has 2 nitrogen and oxygen atoms in total. The molecule has 3 N–H and O–H groups in total. The number of aliphatic hydroxyl groups is 1. The molecule has 0 aliphatic carbocycles. The SMILES string of the molecule is Cc1cc(CO)ccc1C=CCN. The van der Waals surface area contributed by atoms with Gasteiger partial charge in [0.05, 0.1) is 6.61 Å². The molecule has 0 heterocycles. The second-order valence-electron chi connectivity index (χ2n) is 2.99. The van der Waals surface area contributed by atoms with Crippen LogP contribution >= 0.6 is 0 Å². The molecule has 0 aromatic heterocycles. The molecule has 0 radical (unpaired) electrons. The van der Waals surface area contributed by atoms with Crippen molar-refractivity contribution in [2.24, 2.45) is 5.73 Å². The lowest BCUT2D eigenvalue weighted by Gasteiger charge is -2.02. The summed E-state index contributed by atoms with van der Waals surface area (Å²) in [6, 6.07) is 5.90. The van der Waals surface area contributed by atoms with E-state index >= 15 is 0 Å². The van der Waals surface area contributed by atoms with Crippen LogP contribution in [-0.4, -0.2) is 11.7 Å². The number of rotatable bonds is 3. The first-order valence-corrected chi connectivity index (χ1v) is 4.35. The van der Waals surface area contributed by atoms with E-state index in [-0.39, 0.29) is 6.61 Å². The van der Waals surface area contributed by atoms with Crippen LogP contribution in [0.5, 0.6) is 0 Å². The van der Waals surface area contributed by atoms with Crippen molar-refractivity contribution in [1.29, 1.82) is 0 Å². The van der Waals surface area contributed by atoms with Gasteiger partial charge in [0.1, 0.15) is 0 Å². The quantitative estimate of drug-likeness (QED) is 0.734. The second kappa shape index (κ2) is 4.80. The molecular formula is C11H15NO. The van der Waals surface area contributed by atoms with Gasteiger partial charge < -0.3 is 10.8 Å². The van der Waals surface area contributed by atoms with E-state index in [1.165, 1.54) is 0 Å². The van der Waals surface area contributed by atoms with Crippen molar-refractivity contribution in [2.75, 3.05) is 6.54 Å². The number of nitrogens with two attached hydrogens (primary N) is 1. The summed E-state index contributed by atoms with van der Waals surface area (Å²) in [5.74, 6) is 0. The Morgan fingerprint density at radius 1 is 1.46 bits per heavy atom. The van der Waals surface area contributed by atoms with Crippen molar-refractivity contribution in [3.05, 3.63) is 41.0 Å². The van der Waals surface area contributed by atoms with Gasteiger partial charge in [0.2, 0.25) is 0 Å². The molecule has 2 heteroatoms. The molecule has 0 atom stereocenters. The highest BCUT2D eigenvalue weighted by atomic mass is 16.3. The summed E-state index contributed by atoms with van der Waals surface area (Å²) in [7, 11) is 0. The molecule has 0 aliphatic rings. The number of aliphatic hydroxyl groups excluding tert-OH is 1. The molecule has 0 unspecified atom stereocenters. The first-order valence-electron chi connectivity index (χ1n) is 4.35. The zero-order valence-electron chi connectivity index (χ0n) is 7.83. The average Bonchev–Trinajstić information content (AvgIpc) is 2.16. The van der Waals surface area contributed by atoms with Gasteiger partial charge in [-0.05, 0) is 23.6 Å². The summed E-state index contributed by atoms with van der Waals surface area (Å²) >= 11 is 0. The van der Waals surface area contributed by atoms with Gasteiger partial charge in [0, 0.05) is 6.54 Å². The van der Waals surface area contributed by atoms with Gasteiger partial charge >= 0.3 is 0 Å². The van der Waals surface area contributed by atoms with Gasteiger partial charge in [-0.15, -0.1) is 0 Å². The third kappa shape index (κ3) is 2.68. The maximum Gasteiger partial charge on any atom is 0.0681 e. The van der Waals surface area contributed by atoms with E-state index in [0.717, 1.165) is 16.7 Å². The Kier molecular flexibility index (Phi) is 3.68. The molecule has 0 spiro atoms. The van der Waals surface area contributed by atoms with Crippen molar-refractivity contribution in [3.63, 3.8) is 0 Å². The summed E-state index contributed by atoms with van der Waals surface area (Å²) in [6.07, 6.45) is 3.91. The number of aryl methyl sites for hydroxylation is 1. The standard InChI is InChI=1S/C11H15NO/c1-9-7-10(8-13)4-5-11(9)3-2-6-12/h2-5,7,13H,6,8,12H2,1H3. The minimum atomic E-state index is 0.0989. The molecule has 1 rings (SSSR count). The Morgan fingerprint density at radius 2 is 2.23 bits per heavy atom. The van der Waals surface area contributed by atoms with Gasteiger partial charge in [-0.25, -0.2) is 0 Å². The second-order valence-corrected chi connectivity index (χ2v) is 2.99. The van der Waals surface area contributed by atoms with E-state index in [2.05, 4.69) is 0 Å². The number of benzene rings is 1. The van der Waals surface area contributed by atoms with Crippen LogP contribution < -0.4 is 5.73 Å². The van der Waals surface area contributed by atoms with Crippen molar-refractivity contribution >= 4 is 6.08 Å². The smallest absolute Gasteiger partial charge is 0.0681 e. The first kappa shape index (κ1) is 9.96. The van der Waals surface area contributed by atoms with Crippen molar-refractivity contribution < 1.29 is 5.11 Å². The van der Waals surface area contributed by atoms with Crippen LogP contribution in [0.25, 0.3) is 6.08 Å². The topological polar surface area (TPSA) is 46.2 Å². The van der Waals surface area contributed by atoms with Crippen LogP contribution in [0.1, 0.15) is 16.7 Å². The summed E-state index contributed by atoms with van der Waals surface area (Å²) in [5.41, 5.74) is 8.62. The maximum atomic E-state index is 8.89. The Labute approximate surface area is 78.7 Å². The predicted octanol–water partition coefficient (Wildman–Crippen LogP) is 1.46. The first-order chi connectivity index (χ1) is 6.27. The predicted molar refractivity (Wildman–Crippen MR) is 55.2 cm³/mol. The molecule has 70 valence electrons. The van der Waals surface area contributed by atoms with Crippen LogP contribution in [-0.2, 0) is 6.61 Å². The Morgan fingerprint density at radius 3 is 2.77 bits per heavy atom. The van der Waals surface area contributed by atoms with E-state index in [4.69, 9.17) is 10.8 Å². The molecule has 0 fully saturated rings. The fourth-order valence-electron chi connectivity index (χ4n) is 1.22. The summed E-state index contributed by atoms with van der Waals surface area (Å²) in [4.78, 5) is 0. The molecule has 0 bridgehead atoms. The Bertz CT molecular complexity index is 305. The van der Waals surface area contributed by atoms with Crippen LogP contribution in [0.2, 0.25) is 0 Å². The maximum absolute atomic E-state index is 8.89. The molecule has 0 aliphatic heterocycles. The summed E-state index contributed by atoms with van der Waals surface area (Å²) < 4.78 is 0. The van der Waals surface area contributed by atoms with E-state index in [1.54, 1.807) is 0 Å². The highest BCUT2D eigenvalue weighted by Gasteiger charge is 1.95. The van der Waals surface area contributed by atoms with Crippen molar-refractivity contribution in [1.82, 2.24) is 0 Å². The molecule has 13 heavy (non-hydrogen) atoms. The third-order valence-corrected chi connectivity index (χ3v) is 1.95.